The van der Waals surface area contributed by atoms with Gasteiger partial charge >= 0.3 is 12.0 Å². The molecule has 0 aromatic carbocycles. The van der Waals surface area contributed by atoms with Crippen LogP contribution in [0.15, 0.2) is 16.7 Å². The summed E-state index contributed by atoms with van der Waals surface area (Å²) in [6.45, 7) is 6.12. The van der Waals surface area contributed by atoms with Crippen molar-refractivity contribution < 1.29 is 13.9 Å². The summed E-state index contributed by atoms with van der Waals surface area (Å²) in [5.74, 6) is -0.488. The van der Waals surface area contributed by atoms with Gasteiger partial charge in [-0.15, -0.1) is 0 Å². The van der Waals surface area contributed by atoms with E-state index in [0.717, 1.165) is 24.2 Å². The van der Waals surface area contributed by atoms with Crippen molar-refractivity contribution in [1.29, 1.82) is 0 Å². The zero-order valence-corrected chi connectivity index (χ0v) is 11.3. The normalized spacial score (nSPS) is 10.7. The van der Waals surface area contributed by atoms with Crippen molar-refractivity contribution in [1.82, 2.24) is 14.8 Å². The Hall–Kier alpha value is -2.11. The third kappa shape index (κ3) is 2.67. The molecule has 0 fully saturated rings. The molecule has 0 spiro atoms. The molecule has 0 aliphatic carbocycles. The molecule has 0 bridgehead atoms. The van der Waals surface area contributed by atoms with Gasteiger partial charge in [0.1, 0.15) is 6.26 Å². The number of oxazole rings is 1. The summed E-state index contributed by atoms with van der Waals surface area (Å²) in [4.78, 5) is 15.6. The number of aromatic nitrogens is 3. The van der Waals surface area contributed by atoms with Crippen LogP contribution in [0.2, 0.25) is 0 Å². The second kappa shape index (κ2) is 5.69. The average molecular weight is 263 g/mol. The number of hydrogen-bond acceptors (Lipinski definition) is 5. The first-order valence-electron chi connectivity index (χ1n) is 6.40. The summed E-state index contributed by atoms with van der Waals surface area (Å²) < 4.78 is 11.8. The van der Waals surface area contributed by atoms with E-state index in [0.29, 0.717) is 12.6 Å². The molecule has 2 aromatic heterocycles. The largest absolute Gasteiger partial charge is 0.461 e. The highest BCUT2D eigenvalue weighted by molar-refractivity contribution is 5.86. The first-order chi connectivity index (χ1) is 9.19. The van der Waals surface area contributed by atoms with Gasteiger partial charge in [-0.25, -0.2) is 4.79 Å². The van der Waals surface area contributed by atoms with Crippen LogP contribution in [0, 0.1) is 0 Å². The molecule has 0 saturated carbocycles. The highest BCUT2D eigenvalue weighted by atomic mass is 16.5. The van der Waals surface area contributed by atoms with Gasteiger partial charge in [-0.1, -0.05) is 13.8 Å². The summed E-state index contributed by atoms with van der Waals surface area (Å²) >= 11 is 0. The zero-order valence-electron chi connectivity index (χ0n) is 11.3. The molecule has 0 aliphatic rings. The number of carbonyl (C=O) groups excluding carboxylic acids is 1. The third-order valence-corrected chi connectivity index (χ3v) is 2.72. The fourth-order valence-electron chi connectivity index (χ4n) is 1.73. The van der Waals surface area contributed by atoms with Crippen LogP contribution in [0.4, 0.5) is 0 Å². The van der Waals surface area contributed by atoms with E-state index in [1.165, 1.54) is 6.26 Å². The lowest BCUT2D eigenvalue weighted by Gasteiger charge is -1.99. The molecule has 2 rings (SSSR count). The first kappa shape index (κ1) is 13.3. The van der Waals surface area contributed by atoms with Gasteiger partial charge in [-0.05, 0) is 25.8 Å². The molecule has 0 amide bonds. The Kier molecular flexibility index (Phi) is 3.99. The molecular formula is C13H17N3O3. The van der Waals surface area contributed by atoms with E-state index in [-0.39, 0.29) is 5.69 Å². The maximum atomic E-state index is 11.5. The molecule has 0 aliphatic heterocycles. The smallest absolute Gasteiger partial charge is 0.360 e. The minimum Gasteiger partial charge on any atom is -0.461 e. The molecule has 2 aromatic rings. The van der Waals surface area contributed by atoms with Gasteiger partial charge in [0.05, 0.1) is 12.3 Å². The van der Waals surface area contributed by atoms with Crippen LogP contribution in [-0.4, -0.2) is 27.3 Å². The van der Waals surface area contributed by atoms with Crippen LogP contribution in [0.3, 0.4) is 0 Å². The molecule has 0 N–H and O–H groups in total. The minimum absolute atomic E-state index is 0.160. The Morgan fingerprint density at radius 3 is 2.79 bits per heavy atom. The Labute approximate surface area is 111 Å². The van der Waals surface area contributed by atoms with E-state index >= 15 is 0 Å². The molecule has 102 valence electrons. The van der Waals surface area contributed by atoms with Crippen LogP contribution in [0.25, 0.3) is 6.01 Å². The van der Waals surface area contributed by atoms with Crippen LogP contribution < -0.4 is 0 Å². The molecule has 0 radical (unpaired) electrons. The molecule has 6 heteroatoms. The van der Waals surface area contributed by atoms with E-state index in [9.17, 15) is 4.79 Å². The van der Waals surface area contributed by atoms with Crippen molar-refractivity contribution in [3.63, 3.8) is 0 Å². The SMILES string of the molecule is CCOC(=O)c1coc(-n2nc(CC)cc2CC)n1. The second-order valence-electron chi connectivity index (χ2n) is 3.98. The van der Waals surface area contributed by atoms with E-state index in [4.69, 9.17) is 9.15 Å². The Bertz CT molecular complexity index is 571. The highest BCUT2D eigenvalue weighted by Crippen LogP contribution is 2.14. The lowest BCUT2D eigenvalue weighted by Crippen LogP contribution is -2.06. The molecule has 0 atom stereocenters. The number of nitrogens with zero attached hydrogens (tertiary/aromatic N) is 3. The maximum absolute atomic E-state index is 11.5. The van der Waals surface area contributed by atoms with E-state index in [2.05, 4.69) is 10.1 Å². The summed E-state index contributed by atoms with van der Waals surface area (Å²) in [6, 6.07) is 2.30. The minimum atomic E-state index is -0.488. The molecule has 19 heavy (non-hydrogen) atoms. The van der Waals surface area contributed by atoms with E-state index < -0.39 is 5.97 Å². The Morgan fingerprint density at radius 1 is 1.37 bits per heavy atom. The predicted octanol–water partition coefficient (Wildman–Crippen LogP) is 2.16. The predicted molar refractivity (Wildman–Crippen MR) is 68.3 cm³/mol. The monoisotopic (exact) mass is 263 g/mol. The second-order valence-corrected chi connectivity index (χ2v) is 3.98. The fourth-order valence-corrected chi connectivity index (χ4v) is 1.73. The van der Waals surface area contributed by atoms with Crippen LogP contribution in [0.5, 0.6) is 0 Å². The lowest BCUT2D eigenvalue weighted by molar-refractivity contribution is 0.0519. The number of rotatable bonds is 5. The van der Waals surface area contributed by atoms with Crippen LogP contribution in [-0.2, 0) is 17.6 Å². The maximum Gasteiger partial charge on any atom is 0.360 e. The van der Waals surface area contributed by atoms with E-state index in [1.54, 1.807) is 11.6 Å². The van der Waals surface area contributed by atoms with Gasteiger partial charge in [0.15, 0.2) is 5.69 Å². The summed E-state index contributed by atoms with van der Waals surface area (Å²) in [5.41, 5.74) is 2.12. The summed E-state index contributed by atoms with van der Waals surface area (Å²) in [6.07, 6.45) is 2.94. The van der Waals surface area contributed by atoms with Crippen LogP contribution in [0.1, 0.15) is 42.6 Å². The van der Waals surface area contributed by atoms with Gasteiger partial charge in [0, 0.05) is 5.69 Å². The van der Waals surface area contributed by atoms with Gasteiger partial charge in [0.2, 0.25) is 0 Å². The topological polar surface area (TPSA) is 70.2 Å². The number of carbonyl (C=O) groups is 1. The van der Waals surface area contributed by atoms with Crippen molar-refractivity contribution in [2.24, 2.45) is 0 Å². The molecular weight excluding hydrogens is 246 g/mol. The van der Waals surface area contributed by atoms with E-state index in [1.807, 2.05) is 19.9 Å². The number of esters is 1. The molecule has 0 unspecified atom stereocenters. The van der Waals surface area contributed by atoms with Gasteiger partial charge in [0.25, 0.3) is 0 Å². The number of ether oxygens (including phenoxy) is 1. The Morgan fingerprint density at radius 2 is 2.16 bits per heavy atom. The number of aryl methyl sites for hydroxylation is 2. The van der Waals surface area contributed by atoms with Crippen molar-refractivity contribution in [3.8, 4) is 6.01 Å². The zero-order chi connectivity index (χ0) is 13.8. The summed E-state index contributed by atoms with van der Waals surface area (Å²) in [5, 5.41) is 4.40. The highest BCUT2D eigenvalue weighted by Gasteiger charge is 2.17. The summed E-state index contributed by atoms with van der Waals surface area (Å²) in [7, 11) is 0. The van der Waals surface area contributed by atoms with Crippen molar-refractivity contribution in [2.75, 3.05) is 6.61 Å². The quantitative estimate of drug-likeness (QED) is 0.773. The number of hydrogen-bond donors (Lipinski definition) is 0. The third-order valence-electron chi connectivity index (χ3n) is 2.72. The standard InChI is InChI=1S/C13H17N3O3/c1-4-9-7-10(5-2)16(15-9)13-14-11(8-19-13)12(17)18-6-3/h7-8H,4-6H2,1-3H3. The van der Waals surface area contributed by atoms with Gasteiger partial charge < -0.3 is 9.15 Å². The van der Waals surface area contributed by atoms with Crippen molar-refractivity contribution in [2.45, 2.75) is 33.6 Å². The van der Waals surface area contributed by atoms with Crippen molar-refractivity contribution in [3.05, 3.63) is 29.4 Å². The Balaban J connectivity index is 2.32. The van der Waals surface area contributed by atoms with Crippen molar-refractivity contribution >= 4 is 5.97 Å². The first-order valence-corrected chi connectivity index (χ1v) is 6.40. The van der Waals surface area contributed by atoms with Gasteiger partial charge in [-0.2, -0.15) is 14.8 Å². The van der Waals surface area contributed by atoms with Gasteiger partial charge in [-0.3, -0.25) is 0 Å². The molecule has 0 saturated heterocycles. The molecule has 2 heterocycles. The average Bonchev–Trinajstić information content (AvgIpc) is 3.05. The fraction of sp³-hybridized carbons (Fsp3) is 0.462. The van der Waals surface area contributed by atoms with Crippen LogP contribution >= 0.6 is 0 Å². The molecule has 6 nitrogen and oxygen atoms in total. The lowest BCUT2D eigenvalue weighted by atomic mass is 10.3.